The summed E-state index contributed by atoms with van der Waals surface area (Å²) >= 11 is 0. The minimum absolute atomic E-state index is 0.389. The van der Waals surface area contributed by atoms with Crippen LogP contribution in [0, 0.1) is 29.6 Å². The zero-order chi connectivity index (χ0) is 9.59. The lowest BCUT2D eigenvalue weighted by atomic mass is 9.89. The molecule has 0 spiro atoms. The molecule has 0 aliphatic heterocycles. The summed E-state index contributed by atoms with van der Waals surface area (Å²) in [7, 11) is 0. The van der Waals surface area contributed by atoms with E-state index in [0.29, 0.717) is 5.78 Å². The first-order chi connectivity index (χ1) is 6.09. The summed E-state index contributed by atoms with van der Waals surface area (Å²) in [6.45, 7) is 6.39. The summed E-state index contributed by atoms with van der Waals surface area (Å²) in [4.78, 5) is 10.9. The molecule has 0 amide bonds. The van der Waals surface area contributed by atoms with Gasteiger partial charge >= 0.3 is 0 Å². The highest BCUT2D eigenvalue weighted by Crippen LogP contribution is 2.62. The molecule has 2 saturated carbocycles. The van der Waals surface area contributed by atoms with Crippen molar-refractivity contribution in [2.45, 2.75) is 40.0 Å². The van der Waals surface area contributed by atoms with E-state index in [1.54, 1.807) is 6.92 Å². The van der Waals surface area contributed by atoms with Crippen molar-refractivity contribution < 1.29 is 4.79 Å². The second-order valence-corrected chi connectivity index (χ2v) is 5.37. The van der Waals surface area contributed by atoms with Gasteiger partial charge in [0.15, 0.2) is 0 Å². The summed E-state index contributed by atoms with van der Waals surface area (Å²) in [5, 5.41) is 0. The van der Waals surface area contributed by atoms with Gasteiger partial charge in [-0.3, -0.25) is 0 Å². The molecule has 2 rings (SSSR count). The van der Waals surface area contributed by atoms with Crippen molar-refractivity contribution in [2.24, 2.45) is 29.6 Å². The molecule has 0 aromatic rings. The largest absolute Gasteiger partial charge is 0.300 e. The van der Waals surface area contributed by atoms with Gasteiger partial charge in [0.1, 0.15) is 5.78 Å². The van der Waals surface area contributed by atoms with Crippen molar-refractivity contribution in [3.05, 3.63) is 0 Å². The van der Waals surface area contributed by atoms with Crippen LogP contribution in [-0.2, 0) is 4.79 Å². The van der Waals surface area contributed by atoms with Gasteiger partial charge in [-0.1, -0.05) is 13.8 Å². The molecule has 0 aromatic carbocycles. The molecular weight excluding hydrogens is 160 g/mol. The molecule has 1 heteroatoms. The quantitative estimate of drug-likeness (QED) is 0.652. The van der Waals surface area contributed by atoms with Crippen LogP contribution in [0.4, 0.5) is 0 Å². The second-order valence-electron chi connectivity index (χ2n) is 5.37. The fourth-order valence-electron chi connectivity index (χ4n) is 3.20. The van der Waals surface area contributed by atoms with E-state index in [4.69, 9.17) is 0 Å². The average Bonchev–Trinajstić information content (AvgIpc) is 2.51. The van der Waals surface area contributed by atoms with Crippen LogP contribution in [-0.4, -0.2) is 5.78 Å². The molecule has 2 atom stereocenters. The summed E-state index contributed by atoms with van der Waals surface area (Å²) in [5.74, 6) is 4.84. The monoisotopic (exact) mass is 180 g/mol. The van der Waals surface area contributed by atoms with Crippen LogP contribution in [0.5, 0.6) is 0 Å². The van der Waals surface area contributed by atoms with Gasteiger partial charge in [0.05, 0.1) is 0 Å². The standard InChI is InChI=1S/C12H20O/c1-7(2)9-5-11-10(4-8(3)13)12(11)6-9/h7,9-12H,4-6H2,1-3H3. The van der Waals surface area contributed by atoms with Gasteiger partial charge in [0.2, 0.25) is 0 Å². The molecule has 2 aliphatic carbocycles. The van der Waals surface area contributed by atoms with Crippen molar-refractivity contribution >= 4 is 5.78 Å². The number of rotatable bonds is 3. The van der Waals surface area contributed by atoms with E-state index in [2.05, 4.69) is 13.8 Å². The van der Waals surface area contributed by atoms with Crippen LogP contribution >= 0.6 is 0 Å². The first-order valence-corrected chi connectivity index (χ1v) is 5.59. The Kier molecular flexibility index (Phi) is 2.21. The van der Waals surface area contributed by atoms with Crippen molar-refractivity contribution in [2.75, 3.05) is 0 Å². The normalized spacial score (nSPS) is 42.2. The summed E-state index contributed by atoms with van der Waals surface area (Å²) in [6.07, 6.45) is 3.67. The zero-order valence-corrected chi connectivity index (χ0v) is 8.92. The van der Waals surface area contributed by atoms with Gasteiger partial charge in [-0.15, -0.1) is 0 Å². The molecule has 0 heterocycles. The second kappa shape index (κ2) is 3.11. The van der Waals surface area contributed by atoms with Gasteiger partial charge < -0.3 is 4.79 Å². The molecule has 2 fully saturated rings. The Morgan fingerprint density at radius 3 is 2.23 bits per heavy atom. The maximum atomic E-state index is 10.9. The molecule has 74 valence electrons. The third kappa shape index (κ3) is 1.66. The Morgan fingerprint density at radius 2 is 1.85 bits per heavy atom. The number of Topliss-reactive ketones (excluding diaryl/α,β-unsaturated/α-hetero) is 1. The van der Waals surface area contributed by atoms with E-state index >= 15 is 0 Å². The minimum Gasteiger partial charge on any atom is -0.300 e. The highest BCUT2D eigenvalue weighted by molar-refractivity contribution is 5.76. The lowest BCUT2D eigenvalue weighted by molar-refractivity contribution is -0.117. The van der Waals surface area contributed by atoms with E-state index in [9.17, 15) is 4.79 Å². The van der Waals surface area contributed by atoms with E-state index in [1.807, 2.05) is 0 Å². The first kappa shape index (κ1) is 9.23. The van der Waals surface area contributed by atoms with Gasteiger partial charge in [-0.2, -0.15) is 0 Å². The SMILES string of the molecule is CC(=O)CC1C2CC(C(C)C)CC12. The van der Waals surface area contributed by atoms with Gasteiger partial charge in [0, 0.05) is 6.42 Å². The van der Waals surface area contributed by atoms with E-state index in [0.717, 1.165) is 36.0 Å². The average molecular weight is 180 g/mol. The van der Waals surface area contributed by atoms with Crippen LogP contribution in [0.15, 0.2) is 0 Å². The predicted octanol–water partition coefficient (Wildman–Crippen LogP) is 2.89. The molecule has 0 saturated heterocycles. The Labute approximate surface area is 80.9 Å². The van der Waals surface area contributed by atoms with Gasteiger partial charge in [-0.25, -0.2) is 0 Å². The number of ketones is 1. The Morgan fingerprint density at radius 1 is 1.31 bits per heavy atom. The summed E-state index contributed by atoms with van der Waals surface area (Å²) < 4.78 is 0. The van der Waals surface area contributed by atoms with Crippen LogP contribution in [0.3, 0.4) is 0 Å². The summed E-state index contributed by atoms with van der Waals surface area (Å²) in [6, 6.07) is 0. The molecule has 2 unspecified atom stereocenters. The van der Waals surface area contributed by atoms with Crippen LogP contribution in [0.2, 0.25) is 0 Å². The molecular formula is C12H20O. The molecule has 0 N–H and O–H groups in total. The third-order valence-corrected chi connectivity index (χ3v) is 4.12. The van der Waals surface area contributed by atoms with E-state index < -0.39 is 0 Å². The smallest absolute Gasteiger partial charge is 0.130 e. The number of hydrogen-bond acceptors (Lipinski definition) is 1. The Balaban J connectivity index is 1.80. The maximum Gasteiger partial charge on any atom is 0.130 e. The van der Waals surface area contributed by atoms with Crippen LogP contribution in [0.1, 0.15) is 40.0 Å². The number of carbonyl (C=O) groups is 1. The molecule has 2 aliphatic rings. The number of hydrogen-bond donors (Lipinski definition) is 0. The third-order valence-electron chi connectivity index (χ3n) is 4.12. The topological polar surface area (TPSA) is 17.1 Å². The van der Waals surface area contributed by atoms with E-state index in [1.165, 1.54) is 12.8 Å². The molecule has 0 bridgehead atoms. The fraction of sp³-hybridized carbons (Fsp3) is 0.917. The number of fused-ring (bicyclic) bond motifs is 1. The summed E-state index contributed by atoms with van der Waals surface area (Å²) in [5.41, 5.74) is 0. The van der Waals surface area contributed by atoms with Crippen molar-refractivity contribution in [1.82, 2.24) is 0 Å². The van der Waals surface area contributed by atoms with Crippen molar-refractivity contribution in [3.8, 4) is 0 Å². The zero-order valence-electron chi connectivity index (χ0n) is 8.92. The molecule has 0 radical (unpaired) electrons. The Hall–Kier alpha value is -0.330. The van der Waals surface area contributed by atoms with Crippen LogP contribution < -0.4 is 0 Å². The lowest BCUT2D eigenvalue weighted by Crippen LogP contribution is -2.09. The van der Waals surface area contributed by atoms with Crippen LogP contribution in [0.25, 0.3) is 0 Å². The minimum atomic E-state index is 0.389. The van der Waals surface area contributed by atoms with Gasteiger partial charge in [0.25, 0.3) is 0 Å². The van der Waals surface area contributed by atoms with Crippen molar-refractivity contribution in [1.29, 1.82) is 0 Å². The number of carbonyl (C=O) groups excluding carboxylic acids is 1. The van der Waals surface area contributed by atoms with E-state index in [-0.39, 0.29) is 0 Å². The van der Waals surface area contributed by atoms with Crippen molar-refractivity contribution in [3.63, 3.8) is 0 Å². The van der Waals surface area contributed by atoms with Gasteiger partial charge in [-0.05, 0) is 49.4 Å². The highest BCUT2D eigenvalue weighted by atomic mass is 16.1. The fourth-order valence-corrected chi connectivity index (χ4v) is 3.20. The maximum absolute atomic E-state index is 10.9. The first-order valence-electron chi connectivity index (χ1n) is 5.59. The Bertz CT molecular complexity index is 207. The molecule has 13 heavy (non-hydrogen) atoms. The molecule has 0 aromatic heterocycles. The predicted molar refractivity (Wildman–Crippen MR) is 53.3 cm³/mol. The molecule has 1 nitrogen and oxygen atoms in total. The highest BCUT2D eigenvalue weighted by Gasteiger charge is 2.55. The lowest BCUT2D eigenvalue weighted by Gasteiger charge is -2.17.